The molecule has 1 aliphatic heterocycles. The van der Waals surface area contributed by atoms with Crippen molar-refractivity contribution in [2.75, 3.05) is 5.32 Å². The van der Waals surface area contributed by atoms with Crippen LogP contribution in [0.3, 0.4) is 0 Å². The number of rotatable bonds is 4. The first-order valence-electron chi connectivity index (χ1n) is 5.87. The quantitative estimate of drug-likeness (QED) is 0.939. The molecule has 1 aliphatic rings. The van der Waals surface area contributed by atoms with E-state index in [0.717, 1.165) is 11.1 Å². The highest BCUT2D eigenvalue weighted by molar-refractivity contribution is 6.33. The second-order valence-electron chi connectivity index (χ2n) is 4.29. The highest BCUT2D eigenvalue weighted by Crippen LogP contribution is 2.30. The summed E-state index contributed by atoms with van der Waals surface area (Å²) in [5.41, 5.74) is 2.78. The average molecular weight is 302 g/mol. The second-order valence-corrected chi connectivity index (χ2v) is 4.70. The van der Waals surface area contributed by atoms with E-state index in [2.05, 4.69) is 15.5 Å². The molecular formula is C12H10ClF2N3O2. The molecule has 0 amide bonds. The molecule has 2 heterocycles. The van der Waals surface area contributed by atoms with Crippen LogP contribution < -0.4 is 5.32 Å². The Hall–Kier alpha value is -1.73. The predicted octanol–water partition coefficient (Wildman–Crippen LogP) is 3.30. The number of ether oxygens (including phenoxy) is 1. The van der Waals surface area contributed by atoms with Crippen LogP contribution in [0.25, 0.3) is 0 Å². The summed E-state index contributed by atoms with van der Waals surface area (Å²) in [5, 5.41) is 6.69. The number of nitrogens with one attached hydrogen (secondary N) is 1. The molecule has 20 heavy (non-hydrogen) atoms. The maximum Gasteiger partial charge on any atom is 0.300 e. The van der Waals surface area contributed by atoms with E-state index in [4.69, 9.17) is 20.9 Å². The third kappa shape index (κ3) is 2.59. The van der Waals surface area contributed by atoms with Crippen LogP contribution in [0.15, 0.2) is 16.7 Å². The van der Waals surface area contributed by atoms with E-state index in [9.17, 15) is 8.78 Å². The molecule has 0 aliphatic carbocycles. The van der Waals surface area contributed by atoms with Crippen LogP contribution in [0.1, 0.15) is 29.3 Å². The molecule has 5 nitrogen and oxygen atoms in total. The smallest absolute Gasteiger partial charge is 0.300 e. The van der Waals surface area contributed by atoms with Crippen molar-refractivity contribution >= 4 is 17.3 Å². The minimum atomic E-state index is -2.74. The Balaban J connectivity index is 1.71. The normalized spacial score (nSPS) is 13.8. The Labute approximate surface area is 117 Å². The van der Waals surface area contributed by atoms with Crippen molar-refractivity contribution in [1.82, 2.24) is 10.1 Å². The molecule has 0 saturated carbocycles. The maximum atomic E-state index is 12.3. The lowest BCUT2D eigenvalue weighted by atomic mass is 10.1. The number of fused-ring (bicyclic) bond motifs is 1. The van der Waals surface area contributed by atoms with E-state index >= 15 is 0 Å². The number of hydrogen-bond acceptors (Lipinski definition) is 5. The Morgan fingerprint density at radius 3 is 2.75 bits per heavy atom. The van der Waals surface area contributed by atoms with Gasteiger partial charge in [0.15, 0.2) is 0 Å². The van der Waals surface area contributed by atoms with Crippen molar-refractivity contribution in [3.05, 3.63) is 40.0 Å². The fourth-order valence-electron chi connectivity index (χ4n) is 1.93. The van der Waals surface area contributed by atoms with Crippen LogP contribution in [0.5, 0.6) is 0 Å². The number of benzene rings is 1. The van der Waals surface area contributed by atoms with Crippen LogP contribution >= 0.6 is 11.6 Å². The topological polar surface area (TPSA) is 60.2 Å². The van der Waals surface area contributed by atoms with Gasteiger partial charge in [-0.1, -0.05) is 16.8 Å². The van der Waals surface area contributed by atoms with Crippen LogP contribution in [0, 0.1) is 0 Å². The monoisotopic (exact) mass is 301 g/mol. The molecule has 1 aromatic heterocycles. The van der Waals surface area contributed by atoms with Gasteiger partial charge in [-0.25, -0.2) is 8.78 Å². The zero-order valence-corrected chi connectivity index (χ0v) is 11.0. The lowest BCUT2D eigenvalue weighted by Crippen LogP contribution is -2.01. The largest absolute Gasteiger partial charge is 0.375 e. The molecule has 0 spiro atoms. The average Bonchev–Trinajstić information content (AvgIpc) is 3.03. The summed E-state index contributed by atoms with van der Waals surface area (Å²) < 4.78 is 34.7. The van der Waals surface area contributed by atoms with Gasteiger partial charge in [-0.15, -0.1) is 0 Å². The summed E-state index contributed by atoms with van der Waals surface area (Å²) in [6.45, 7) is 1.22. The second kappa shape index (κ2) is 5.34. The minimum absolute atomic E-state index is 0.0770. The number of nitrogens with zero attached hydrogens (tertiary/aromatic N) is 2. The Morgan fingerprint density at radius 2 is 2.05 bits per heavy atom. The predicted molar refractivity (Wildman–Crippen MR) is 66.5 cm³/mol. The van der Waals surface area contributed by atoms with E-state index in [1.165, 1.54) is 0 Å². The van der Waals surface area contributed by atoms with Crippen molar-refractivity contribution < 1.29 is 18.0 Å². The van der Waals surface area contributed by atoms with Gasteiger partial charge in [0.1, 0.15) is 0 Å². The molecule has 0 saturated heterocycles. The molecule has 0 bridgehead atoms. The molecule has 8 heteroatoms. The molecule has 0 radical (unpaired) electrons. The van der Waals surface area contributed by atoms with E-state index in [-0.39, 0.29) is 12.4 Å². The molecule has 2 aromatic rings. The number of hydrogen-bond donors (Lipinski definition) is 1. The number of alkyl halides is 2. The zero-order valence-electron chi connectivity index (χ0n) is 10.2. The van der Waals surface area contributed by atoms with Gasteiger partial charge < -0.3 is 14.6 Å². The molecule has 1 aromatic carbocycles. The number of anilines is 1. The fourth-order valence-corrected chi connectivity index (χ4v) is 2.19. The first-order chi connectivity index (χ1) is 9.63. The molecule has 1 N–H and O–H groups in total. The number of halogens is 3. The van der Waals surface area contributed by atoms with Crippen molar-refractivity contribution in [2.24, 2.45) is 0 Å². The maximum absolute atomic E-state index is 12.3. The highest BCUT2D eigenvalue weighted by Gasteiger charge is 2.17. The van der Waals surface area contributed by atoms with Crippen LogP contribution in [0.4, 0.5) is 14.5 Å². The first kappa shape index (κ1) is 13.3. The summed E-state index contributed by atoms with van der Waals surface area (Å²) in [5.74, 6) is -0.539. The third-order valence-electron chi connectivity index (χ3n) is 2.91. The van der Waals surface area contributed by atoms with Gasteiger partial charge in [-0.3, -0.25) is 0 Å². The van der Waals surface area contributed by atoms with E-state index in [1.807, 2.05) is 12.1 Å². The van der Waals surface area contributed by atoms with E-state index < -0.39 is 12.2 Å². The van der Waals surface area contributed by atoms with Gasteiger partial charge in [-0.05, 0) is 23.3 Å². The number of aromatic nitrogens is 2. The molecule has 3 rings (SSSR count). The summed E-state index contributed by atoms with van der Waals surface area (Å²) >= 11 is 6.13. The van der Waals surface area contributed by atoms with Crippen LogP contribution in [-0.2, 0) is 24.5 Å². The van der Waals surface area contributed by atoms with Crippen LogP contribution in [-0.4, -0.2) is 10.1 Å². The Bertz CT molecular complexity index is 633. The van der Waals surface area contributed by atoms with Gasteiger partial charge in [0.2, 0.25) is 11.7 Å². The lowest BCUT2D eigenvalue weighted by Gasteiger charge is -2.08. The SMILES string of the molecule is FC(F)c1noc(CNc2cc3c(cc2Cl)COC3)n1. The molecule has 0 fully saturated rings. The van der Waals surface area contributed by atoms with Gasteiger partial charge in [-0.2, -0.15) is 4.98 Å². The summed E-state index contributed by atoms with van der Waals surface area (Å²) in [6, 6.07) is 3.69. The van der Waals surface area contributed by atoms with Crippen molar-refractivity contribution in [3.63, 3.8) is 0 Å². The van der Waals surface area contributed by atoms with Gasteiger partial charge >= 0.3 is 6.43 Å². The van der Waals surface area contributed by atoms with Gasteiger partial charge in [0.05, 0.1) is 30.5 Å². The zero-order chi connectivity index (χ0) is 14.1. The molecular weight excluding hydrogens is 292 g/mol. The first-order valence-corrected chi connectivity index (χ1v) is 6.25. The van der Waals surface area contributed by atoms with E-state index in [0.29, 0.717) is 23.9 Å². The summed E-state index contributed by atoms with van der Waals surface area (Å²) in [4.78, 5) is 3.57. The van der Waals surface area contributed by atoms with Crippen molar-refractivity contribution in [2.45, 2.75) is 26.2 Å². The Morgan fingerprint density at radius 1 is 1.30 bits per heavy atom. The lowest BCUT2D eigenvalue weighted by molar-refractivity contribution is 0.134. The highest BCUT2D eigenvalue weighted by atomic mass is 35.5. The van der Waals surface area contributed by atoms with Crippen molar-refractivity contribution in [3.8, 4) is 0 Å². The summed E-state index contributed by atoms with van der Waals surface area (Å²) in [6.07, 6.45) is -2.74. The van der Waals surface area contributed by atoms with Crippen molar-refractivity contribution in [1.29, 1.82) is 0 Å². The summed E-state index contributed by atoms with van der Waals surface area (Å²) in [7, 11) is 0. The fraction of sp³-hybridized carbons (Fsp3) is 0.333. The molecule has 106 valence electrons. The minimum Gasteiger partial charge on any atom is -0.375 e. The molecule has 0 atom stereocenters. The van der Waals surface area contributed by atoms with Gasteiger partial charge in [0, 0.05) is 0 Å². The molecule has 0 unspecified atom stereocenters. The van der Waals surface area contributed by atoms with E-state index in [1.54, 1.807) is 0 Å². The standard InChI is InChI=1S/C12H10ClF2N3O2/c13-8-1-6-4-19-5-7(6)2-9(8)16-3-10-17-12(11(14)15)18-20-10/h1-2,11,16H,3-5H2. The van der Waals surface area contributed by atoms with Gasteiger partial charge in [0.25, 0.3) is 0 Å². The van der Waals surface area contributed by atoms with Crippen LogP contribution in [0.2, 0.25) is 5.02 Å². The Kier molecular flexibility index (Phi) is 3.54. The third-order valence-corrected chi connectivity index (χ3v) is 3.23.